The van der Waals surface area contributed by atoms with Crippen molar-refractivity contribution in [3.05, 3.63) is 78.3 Å². The second kappa shape index (κ2) is 8.00. The maximum atomic E-state index is 12.4. The molecule has 1 aliphatic rings. The molecule has 2 aromatic carbocycles. The summed E-state index contributed by atoms with van der Waals surface area (Å²) >= 11 is 0. The minimum atomic E-state index is -0.337. The van der Waals surface area contributed by atoms with Crippen LogP contribution in [0.4, 0.5) is 11.4 Å². The molecular formula is C22H20N2O4. The summed E-state index contributed by atoms with van der Waals surface area (Å²) in [5, 5.41) is 2.80. The zero-order valence-corrected chi connectivity index (χ0v) is 15.3. The van der Waals surface area contributed by atoms with Crippen LogP contribution in [0.25, 0.3) is 0 Å². The van der Waals surface area contributed by atoms with E-state index < -0.39 is 0 Å². The van der Waals surface area contributed by atoms with Gasteiger partial charge in [-0.15, -0.1) is 0 Å². The smallest absolute Gasteiger partial charge is 0.291 e. The molecule has 1 N–H and O–H groups in total. The maximum absolute atomic E-state index is 12.4. The number of rotatable bonds is 6. The number of hydrogen-bond donors (Lipinski definition) is 1. The van der Waals surface area contributed by atoms with E-state index in [1.165, 1.54) is 0 Å². The summed E-state index contributed by atoms with van der Waals surface area (Å²) in [5.74, 6) is 1.32. The summed E-state index contributed by atoms with van der Waals surface area (Å²) < 4.78 is 11.2. The minimum absolute atomic E-state index is 0.137. The van der Waals surface area contributed by atoms with E-state index in [0.29, 0.717) is 17.9 Å². The Kier molecular flexibility index (Phi) is 5.10. The number of benzene rings is 2. The second-order valence-electron chi connectivity index (χ2n) is 6.52. The summed E-state index contributed by atoms with van der Waals surface area (Å²) in [6.07, 6.45) is 1.47. The second-order valence-corrected chi connectivity index (χ2v) is 6.52. The van der Waals surface area contributed by atoms with Gasteiger partial charge in [-0.25, -0.2) is 0 Å². The van der Waals surface area contributed by atoms with Gasteiger partial charge in [-0.05, 0) is 55.0 Å². The summed E-state index contributed by atoms with van der Waals surface area (Å²) in [4.78, 5) is 25.9. The maximum Gasteiger partial charge on any atom is 0.291 e. The Morgan fingerprint density at radius 1 is 1.04 bits per heavy atom. The van der Waals surface area contributed by atoms with E-state index in [9.17, 15) is 9.59 Å². The largest absolute Gasteiger partial charge is 0.486 e. The number of carbonyl (C=O) groups excluding carboxylic acids is 2. The number of furan rings is 1. The molecule has 3 aromatic rings. The van der Waals surface area contributed by atoms with Crippen LogP contribution in [0, 0.1) is 0 Å². The van der Waals surface area contributed by atoms with Crippen molar-refractivity contribution in [1.29, 1.82) is 0 Å². The first-order valence-electron chi connectivity index (χ1n) is 9.17. The third-order valence-corrected chi connectivity index (χ3v) is 4.52. The van der Waals surface area contributed by atoms with Crippen LogP contribution in [0.15, 0.2) is 71.1 Å². The summed E-state index contributed by atoms with van der Waals surface area (Å²) in [5.41, 5.74) is 1.48. The van der Waals surface area contributed by atoms with Gasteiger partial charge in [0.2, 0.25) is 5.91 Å². The number of para-hydroxylation sites is 1. The number of ether oxygens (including phenoxy) is 1. The molecule has 6 heteroatoms. The highest BCUT2D eigenvalue weighted by Crippen LogP contribution is 2.23. The molecule has 28 heavy (non-hydrogen) atoms. The first-order valence-corrected chi connectivity index (χ1v) is 9.17. The van der Waals surface area contributed by atoms with Crippen LogP contribution in [-0.2, 0) is 11.4 Å². The van der Waals surface area contributed by atoms with Crippen molar-refractivity contribution in [1.82, 2.24) is 0 Å². The zero-order valence-electron chi connectivity index (χ0n) is 15.3. The Hall–Kier alpha value is -3.54. The van der Waals surface area contributed by atoms with Crippen molar-refractivity contribution in [3.63, 3.8) is 0 Å². The molecule has 0 radical (unpaired) electrons. The number of nitrogens with one attached hydrogen (secondary N) is 1. The van der Waals surface area contributed by atoms with E-state index in [2.05, 4.69) is 5.32 Å². The molecule has 0 bridgehead atoms. The number of carbonyl (C=O) groups is 2. The van der Waals surface area contributed by atoms with Crippen molar-refractivity contribution < 1.29 is 18.7 Å². The van der Waals surface area contributed by atoms with Crippen molar-refractivity contribution in [2.45, 2.75) is 19.4 Å². The molecular weight excluding hydrogens is 356 g/mol. The molecule has 1 aliphatic heterocycles. The normalized spacial score (nSPS) is 13.6. The van der Waals surface area contributed by atoms with Crippen LogP contribution in [0.2, 0.25) is 0 Å². The van der Waals surface area contributed by atoms with Crippen molar-refractivity contribution in [2.75, 3.05) is 16.8 Å². The predicted octanol–water partition coefficient (Wildman–Crippen LogP) is 4.24. The van der Waals surface area contributed by atoms with Gasteiger partial charge in [0.05, 0.1) is 0 Å². The van der Waals surface area contributed by atoms with Gasteiger partial charge in [-0.1, -0.05) is 18.2 Å². The fourth-order valence-electron chi connectivity index (χ4n) is 3.09. The van der Waals surface area contributed by atoms with Gasteiger partial charge < -0.3 is 19.4 Å². The average Bonchev–Trinajstić information content (AvgIpc) is 3.37. The Morgan fingerprint density at radius 3 is 2.54 bits per heavy atom. The lowest BCUT2D eigenvalue weighted by molar-refractivity contribution is -0.117. The third kappa shape index (κ3) is 4.06. The fraction of sp³-hybridized carbons (Fsp3) is 0.182. The molecule has 1 fully saturated rings. The van der Waals surface area contributed by atoms with Gasteiger partial charge in [0.25, 0.3) is 5.91 Å². The molecule has 4 rings (SSSR count). The van der Waals surface area contributed by atoms with Crippen molar-refractivity contribution in [3.8, 4) is 5.75 Å². The summed E-state index contributed by atoms with van der Waals surface area (Å²) in [6, 6.07) is 20.0. The Morgan fingerprint density at radius 2 is 1.82 bits per heavy atom. The monoisotopic (exact) mass is 376 g/mol. The molecule has 2 heterocycles. The van der Waals surface area contributed by atoms with Gasteiger partial charge in [0.15, 0.2) is 5.76 Å². The average molecular weight is 376 g/mol. The van der Waals surface area contributed by atoms with E-state index in [4.69, 9.17) is 9.15 Å². The van der Waals surface area contributed by atoms with Gasteiger partial charge >= 0.3 is 0 Å². The van der Waals surface area contributed by atoms with Crippen LogP contribution in [0.5, 0.6) is 5.75 Å². The topological polar surface area (TPSA) is 71.8 Å². The Balaban J connectivity index is 1.35. The number of amides is 2. The predicted molar refractivity (Wildman–Crippen MR) is 105 cm³/mol. The van der Waals surface area contributed by atoms with E-state index >= 15 is 0 Å². The first kappa shape index (κ1) is 17.9. The molecule has 0 spiro atoms. The van der Waals surface area contributed by atoms with Gasteiger partial charge in [-0.2, -0.15) is 0 Å². The summed E-state index contributed by atoms with van der Waals surface area (Å²) in [6.45, 7) is 0.987. The van der Waals surface area contributed by atoms with Crippen LogP contribution in [0.3, 0.4) is 0 Å². The molecule has 142 valence electrons. The molecule has 1 saturated heterocycles. The summed E-state index contributed by atoms with van der Waals surface area (Å²) in [7, 11) is 0. The number of nitrogens with zero attached hydrogens (tertiary/aromatic N) is 1. The lowest BCUT2D eigenvalue weighted by Gasteiger charge is -2.16. The molecule has 0 aliphatic carbocycles. The van der Waals surface area contributed by atoms with Crippen LogP contribution in [0.1, 0.15) is 29.2 Å². The number of hydrogen-bond acceptors (Lipinski definition) is 4. The number of anilines is 2. The van der Waals surface area contributed by atoms with E-state index in [1.54, 1.807) is 29.2 Å². The quantitative estimate of drug-likeness (QED) is 0.699. The lowest BCUT2D eigenvalue weighted by Crippen LogP contribution is -2.23. The van der Waals surface area contributed by atoms with Gasteiger partial charge in [-0.3, -0.25) is 9.59 Å². The van der Waals surface area contributed by atoms with Crippen LogP contribution in [-0.4, -0.2) is 18.4 Å². The first-order chi connectivity index (χ1) is 13.7. The fourth-order valence-corrected chi connectivity index (χ4v) is 3.09. The van der Waals surface area contributed by atoms with Crippen molar-refractivity contribution >= 4 is 23.2 Å². The highest BCUT2D eigenvalue weighted by atomic mass is 16.5. The van der Waals surface area contributed by atoms with Crippen LogP contribution < -0.4 is 15.0 Å². The highest BCUT2D eigenvalue weighted by molar-refractivity contribution is 6.02. The van der Waals surface area contributed by atoms with E-state index in [0.717, 1.165) is 24.4 Å². The minimum Gasteiger partial charge on any atom is -0.486 e. The molecule has 0 unspecified atom stereocenters. The zero-order chi connectivity index (χ0) is 19.3. The standard InChI is InChI=1S/C22H20N2O4/c25-21-7-4-14-24(21)17-10-8-16(9-11-17)23-22(26)20-13-12-19(28-20)15-27-18-5-2-1-3-6-18/h1-3,5-6,8-13H,4,7,14-15H2,(H,23,26). The molecule has 0 atom stereocenters. The van der Waals surface area contributed by atoms with Gasteiger partial charge in [0, 0.05) is 24.3 Å². The highest BCUT2D eigenvalue weighted by Gasteiger charge is 2.21. The molecule has 2 amide bonds. The molecule has 6 nitrogen and oxygen atoms in total. The van der Waals surface area contributed by atoms with Crippen molar-refractivity contribution in [2.24, 2.45) is 0 Å². The molecule has 1 aromatic heterocycles. The SMILES string of the molecule is O=C(Nc1ccc(N2CCCC2=O)cc1)c1ccc(COc2ccccc2)o1. The Bertz CT molecular complexity index is 964. The van der Waals surface area contributed by atoms with Gasteiger partial charge in [0.1, 0.15) is 18.1 Å². The third-order valence-electron chi connectivity index (χ3n) is 4.52. The molecule has 0 saturated carbocycles. The van der Waals surface area contributed by atoms with E-state index in [-0.39, 0.29) is 24.2 Å². The van der Waals surface area contributed by atoms with E-state index in [1.807, 2.05) is 42.5 Å². The van der Waals surface area contributed by atoms with Crippen LogP contribution >= 0.6 is 0 Å². The lowest BCUT2D eigenvalue weighted by atomic mass is 10.2. The Labute approximate surface area is 162 Å².